The van der Waals surface area contributed by atoms with Crippen molar-refractivity contribution < 1.29 is 9.13 Å². The van der Waals surface area contributed by atoms with Gasteiger partial charge in [0.05, 0.1) is 10.9 Å². The predicted octanol–water partition coefficient (Wildman–Crippen LogP) is 3.90. The molecule has 0 bridgehead atoms. The van der Waals surface area contributed by atoms with Gasteiger partial charge in [-0.2, -0.15) is 0 Å². The minimum Gasteiger partial charge on any atom is -0.497 e. The predicted molar refractivity (Wildman–Crippen MR) is 75.6 cm³/mol. The number of ether oxygens (including phenoxy) is 1. The van der Waals surface area contributed by atoms with Crippen LogP contribution in [0, 0.1) is 5.82 Å². The van der Waals surface area contributed by atoms with Crippen molar-refractivity contribution in [2.45, 2.75) is 12.5 Å². The fraction of sp³-hybridized carbons (Fsp3) is 0.231. The maximum Gasteiger partial charge on any atom is 0.131 e. The van der Waals surface area contributed by atoms with E-state index in [9.17, 15) is 4.39 Å². The zero-order chi connectivity index (χ0) is 13.1. The zero-order valence-electron chi connectivity index (χ0n) is 9.82. The molecule has 1 aromatic heterocycles. The number of hydrogen-bond acceptors (Lipinski definition) is 3. The fourth-order valence-electron chi connectivity index (χ4n) is 1.72. The molecule has 2 aromatic rings. The maximum atomic E-state index is 13.8. The van der Waals surface area contributed by atoms with E-state index >= 15 is 0 Å². The van der Waals surface area contributed by atoms with Crippen LogP contribution in [0.2, 0.25) is 0 Å². The second-order valence-corrected chi connectivity index (χ2v) is 6.45. The van der Waals surface area contributed by atoms with E-state index in [4.69, 9.17) is 10.5 Å². The van der Waals surface area contributed by atoms with Crippen LogP contribution in [-0.4, -0.2) is 7.11 Å². The van der Waals surface area contributed by atoms with E-state index < -0.39 is 0 Å². The van der Waals surface area contributed by atoms with Crippen molar-refractivity contribution in [1.29, 1.82) is 0 Å². The van der Waals surface area contributed by atoms with Crippen LogP contribution >= 0.6 is 27.3 Å². The third-order valence-corrected chi connectivity index (χ3v) is 4.30. The van der Waals surface area contributed by atoms with Crippen LogP contribution in [0.3, 0.4) is 0 Å². The molecule has 0 saturated heterocycles. The van der Waals surface area contributed by atoms with Gasteiger partial charge >= 0.3 is 0 Å². The Labute approximate surface area is 118 Å². The summed E-state index contributed by atoms with van der Waals surface area (Å²) >= 11 is 5.01. The SMILES string of the molecule is COc1ccc(C(N)Cc2ccc(Br)s2)c(F)c1. The van der Waals surface area contributed by atoms with Gasteiger partial charge in [0.1, 0.15) is 11.6 Å². The first-order valence-corrected chi connectivity index (χ1v) is 7.04. The van der Waals surface area contributed by atoms with Crippen LogP contribution in [0.4, 0.5) is 4.39 Å². The molecular weight excluding hydrogens is 317 g/mol. The second-order valence-electron chi connectivity index (χ2n) is 3.90. The van der Waals surface area contributed by atoms with Gasteiger partial charge < -0.3 is 10.5 Å². The van der Waals surface area contributed by atoms with Gasteiger partial charge in [-0.25, -0.2) is 4.39 Å². The van der Waals surface area contributed by atoms with Crippen LogP contribution in [0.5, 0.6) is 5.75 Å². The molecule has 0 aliphatic rings. The lowest BCUT2D eigenvalue weighted by Crippen LogP contribution is -2.14. The molecule has 0 fully saturated rings. The first-order chi connectivity index (χ1) is 8.60. The number of thiophene rings is 1. The third kappa shape index (κ3) is 3.10. The van der Waals surface area contributed by atoms with Gasteiger partial charge in [0, 0.05) is 29.0 Å². The molecule has 2 nitrogen and oxygen atoms in total. The monoisotopic (exact) mass is 329 g/mol. The molecule has 1 heterocycles. The van der Waals surface area contributed by atoms with E-state index in [1.165, 1.54) is 13.2 Å². The van der Waals surface area contributed by atoms with Crippen LogP contribution in [0.1, 0.15) is 16.5 Å². The lowest BCUT2D eigenvalue weighted by molar-refractivity contribution is 0.410. The van der Waals surface area contributed by atoms with Crippen molar-refractivity contribution in [3.63, 3.8) is 0 Å². The Bertz CT molecular complexity index is 544. The van der Waals surface area contributed by atoms with Gasteiger partial charge in [0.2, 0.25) is 0 Å². The van der Waals surface area contributed by atoms with Gasteiger partial charge in [0.15, 0.2) is 0 Å². The smallest absolute Gasteiger partial charge is 0.131 e. The lowest BCUT2D eigenvalue weighted by atomic mass is 10.0. The van der Waals surface area contributed by atoms with Gasteiger partial charge in [-0.05, 0) is 34.1 Å². The molecule has 1 atom stereocenters. The summed E-state index contributed by atoms with van der Waals surface area (Å²) in [4.78, 5) is 1.13. The highest BCUT2D eigenvalue weighted by molar-refractivity contribution is 9.11. The summed E-state index contributed by atoms with van der Waals surface area (Å²) in [6.07, 6.45) is 0.625. The largest absolute Gasteiger partial charge is 0.497 e. The van der Waals surface area contributed by atoms with Crippen molar-refractivity contribution in [3.05, 3.63) is 50.4 Å². The first kappa shape index (κ1) is 13.5. The molecule has 0 radical (unpaired) electrons. The number of benzene rings is 1. The summed E-state index contributed by atoms with van der Waals surface area (Å²) in [7, 11) is 1.51. The number of nitrogens with two attached hydrogens (primary N) is 1. The van der Waals surface area contributed by atoms with E-state index in [0.717, 1.165) is 8.66 Å². The van der Waals surface area contributed by atoms with Gasteiger partial charge in [-0.15, -0.1) is 11.3 Å². The van der Waals surface area contributed by atoms with E-state index in [1.54, 1.807) is 23.5 Å². The molecule has 18 heavy (non-hydrogen) atoms. The molecular formula is C13H13BrFNOS. The summed E-state index contributed by atoms with van der Waals surface area (Å²) in [6, 6.07) is 8.39. The van der Waals surface area contributed by atoms with Crippen molar-refractivity contribution in [1.82, 2.24) is 0 Å². The van der Waals surface area contributed by atoms with Crippen LogP contribution in [0.15, 0.2) is 34.1 Å². The molecule has 0 spiro atoms. The molecule has 1 aromatic carbocycles. The first-order valence-electron chi connectivity index (χ1n) is 5.43. The molecule has 96 valence electrons. The number of methoxy groups -OCH3 is 1. The minimum atomic E-state index is -0.346. The summed E-state index contributed by atoms with van der Waals surface area (Å²) in [5.74, 6) is 0.180. The Hall–Kier alpha value is -0.910. The molecule has 0 amide bonds. The Balaban J connectivity index is 2.15. The van der Waals surface area contributed by atoms with Gasteiger partial charge in [-0.3, -0.25) is 0 Å². The number of hydrogen-bond donors (Lipinski definition) is 1. The molecule has 0 saturated carbocycles. The maximum absolute atomic E-state index is 13.8. The summed E-state index contributed by atoms with van der Waals surface area (Å²) < 4.78 is 19.9. The lowest BCUT2D eigenvalue weighted by Gasteiger charge is -2.12. The summed E-state index contributed by atoms with van der Waals surface area (Å²) in [5, 5.41) is 0. The average Bonchev–Trinajstić information content (AvgIpc) is 2.74. The number of halogens is 2. The van der Waals surface area contributed by atoms with E-state index in [2.05, 4.69) is 15.9 Å². The van der Waals surface area contributed by atoms with Crippen molar-refractivity contribution in [3.8, 4) is 5.75 Å². The van der Waals surface area contributed by atoms with E-state index in [-0.39, 0.29) is 11.9 Å². The van der Waals surface area contributed by atoms with Crippen molar-refractivity contribution >= 4 is 27.3 Å². The van der Waals surface area contributed by atoms with Crippen molar-refractivity contribution in [2.75, 3.05) is 7.11 Å². The van der Waals surface area contributed by atoms with Crippen LogP contribution in [0.25, 0.3) is 0 Å². The molecule has 2 N–H and O–H groups in total. The average molecular weight is 330 g/mol. The number of rotatable bonds is 4. The highest BCUT2D eigenvalue weighted by Gasteiger charge is 2.13. The highest BCUT2D eigenvalue weighted by Crippen LogP contribution is 2.28. The Morgan fingerprint density at radius 1 is 1.39 bits per heavy atom. The summed E-state index contributed by atoms with van der Waals surface area (Å²) in [6.45, 7) is 0. The van der Waals surface area contributed by atoms with E-state index in [1.807, 2.05) is 12.1 Å². The van der Waals surface area contributed by atoms with Crippen LogP contribution in [-0.2, 0) is 6.42 Å². The Kier molecular flexibility index (Phi) is 4.37. The standard InChI is InChI=1S/C13H13BrFNOS/c1-17-8-2-4-10(11(15)6-8)12(16)7-9-3-5-13(14)18-9/h2-6,12H,7,16H2,1H3. The highest BCUT2D eigenvalue weighted by atomic mass is 79.9. The normalized spacial score (nSPS) is 12.4. The molecule has 1 unspecified atom stereocenters. The van der Waals surface area contributed by atoms with Crippen LogP contribution < -0.4 is 10.5 Å². The molecule has 2 rings (SSSR count). The Morgan fingerprint density at radius 3 is 2.72 bits per heavy atom. The third-order valence-electron chi connectivity index (χ3n) is 2.66. The zero-order valence-corrected chi connectivity index (χ0v) is 12.2. The Morgan fingerprint density at radius 2 is 2.17 bits per heavy atom. The van der Waals surface area contributed by atoms with Gasteiger partial charge in [0.25, 0.3) is 0 Å². The summed E-state index contributed by atoms with van der Waals surface area (Å²) in [5.41, 5.74) is 6.55. The topological polar surface area (TPSA) is 35.2 Å². The van der Waals surface area contributed by atoms with Crippen molar-refractivity contribution in [2.24, 2.45) is 5.73 Å². The second kappa shape index (κ2) is 5.82. The van der Waals surface area contributed by atoms with Gasteiger partial charge in [-0.1, -0.05) is 6.07 Å². The minimum absolute atomic E-state index is 0.322. The molecule has 0 aliphatic carbocycles. The van der Waals surface area contributed by atoms with E-state index in [0.29, 0.717) is 17.7 Å². The fourth-order valence-corrected chi connectivity index (χ4v) is 3.27. The quantitative estimate of drug-likeness (QED) is 0.923. The molecule has 5 heteroatoms. The molecule has 0 aliphatic heterocycles.